The van der Waals surface area contributed by atoms with Crippen LogP contribution < -0.4 is 5.73 Å². The van der Waals surface area contributed by atoms with Gasteiger partial charge >= 0.3 is 0 Å². The SMILES string of the molecule is Nc1ncnc2nc(CC3OC(CO)C(O)C(O)C3O)[nH]c12. The summed E-state index contributed by atoms with van der Waals surface area (Å²) in [6, 6.07) is 0. The third-order valence-electron chi connectivity index (χ3n) is 3.75. The smallest absolute Gasteiger partial charge is 0.183 e. The second kappa shape index (κ2) is 5.74. The lowest BCUT2D eigenvalue weighted by atomic mass is 9.93. The van der Waals surface area contributed by atoms with E-state index in [1.165, 1.54) is 6.33 Å². The van der Waals surface area contributed by atoms with Gasteiger partial charge < -0.3 is 35.9 Å². The number of nitrogens with one attached hydrogen (secondary N) is 1. The van der Waals surface area contributed by atoms with Crippen LogP contribution in [0.1, 0.15) is 5.82 Å². The van der Waals surface area contributed by atoms with Gasteiger partial charge in [-0.3, -0.25) is 0 Å². The molecule has 1 saturated heterocycles. The van der Waals surface area contributed by atoms with E-state index in [9.17, 15) is 15.3 Å². The van der Waals surface area contributed by atoms with Crippen molar-refractivity contribution in [1.82, 2.24) is 19.9 Å². The van der Waals surface area contributed by atoms with Crippen molar-refractivity contribution in [3.8, 4) is 0 Å². The third-order valence-corrected chi connectivity index (χ3v) is 3.75. The summed E-state index contributed by atoms with van der Waals surface area (Å²) in [6.45, 7) is -0.472. The van der Waals surface area contributed by atoms with Gasteiger partial charge in [0.25, 0.3) is 0 Å². The highest BCUT2D eigenvalue weighted by atomic mass is 16.5. The first kappa shape index (κ1) is 15.1. The van der Waals surface area contributed by atoms with E-state index < -0.39 is 37.1 Å². The fraction of sp³-hybridized carbons (Fsp3) is 0.583. The van der Waals surface area contributed by atoms with Crippen molar-refractivity contribution in [2.24, 2.45) is 0 Å². The molecule has 10 nitrogen and oxygen atoms in total. The van der Waals surface area contributed by atoms with Crippen LogP contribution in [-0.2, 0) is 11.2 Å². The number of aliphatic hydroxyl groups is 4. The molecule has 22 heavy (non-hydrogen) atoms. The number of imidazole rings is 1. The lowest BCUT2D eigenvalue weighted by Gasteiger charge is -2.39. The number of H-pyrrole nitrogens is 1. The van der Waals surface area contributed by atoms with Crippen LogP contribution in [0.3, 0.4) is 0 Å². The van der Waals surface area contributed by atoms with Crippen molar-refractivity contribution in [2.45, 2.75) is 36.9 Å². The van der Waals surface area contributed by atoms with Gasteiger partial charge in [0.05, 0.1) is 12.7 Å². The summed E-state index contributed by atoms with van der Waals surface area (Å²) in [5.41, 5.74) is 6.56. The first-order valence-corrected chi connectivity index (χ1v) is 6.77. The summed E-state index contributed by atoms with van der Waals surface area (Å²) in [4.78, 5) is 14.9. The minimum Gasteiger partial charge on any atom is -0.394 e. The lowest BCUT2D eigenvalue weighted by molar-refractivity contribution is -0.228. The zero-order valence-electron chi connectivity index (χ0n) is 11.5. The Morgan fingerprint density at radius 3 is 2.55 bits per heavy atom. The number of fused-ring (bicyclic) bond motifs is 1. The number of aromatic amines is 1. The number of aliphatic hydroxyl groups excluding tert-OH is 4. The van der Waals surface area contributed by atoms with Gasteiger partial charge in [0.1, 0.15) is 42.1 Å². The molecule has 0 radical (unpaired) electrons. The summed E-state index contributed by atoms with van der Waals surface area (Å²) in [6.07, 6.45) is -4.48. The molecule has 5 atom stereocenters. The molecular weight excluding hydrogens is 294 g/mol. The Balaban J connectivity index is 1.82. The van der Waals surface area contributed by atoms with Crippen LogP contribution >= 0.6 is 0 Å². The minimum absolute atomic E-state index is 0.122. The summed E-state index contributed by atoms with van der Waals surface area (Å²) in [5, 5.41) is 38.7. The van der Waals surface area contributed by atoms with Crippen molar-refractivity contribution >= 4 is 17.0 Å². The highest BCUT2D eigenvalue weighted by Crippen LogP contribution is 2.24. The number of ether oxygens (including phenoxy) is 1. The molecule has 2 aromatic rings. The zero-order valence-corrected chi connectivity index (χ0v) is 11.5. The highest BCUT2D eigenvalue weighted by molar-refractivity contribution is 5.80. The van der Waals surface area contributed by atoms with E-state index in [1.54, 1.807) is 0 Å². The van der Waals surface area contributed by atoms with E-state index in [0.717, 1.165) is 0 Å². The van der Waals surface area contributed by atoms with Crippen LogP contribution in [0, 0.1) is 0 Å². The quantitative estimate of drug-likeness (QED) is 0.353. The van der Waals surface area contributed by atoms with Crippen LogP contribution in [-0.4, -0.2) is 77.5 Å². The second-order valence-corrected chi connectivity index (χ2v) is 5.21. The Kier molecular flexibility index (Phi) is 3.93. The van der Waals surface area contributed by atoms with Gasteiger partial charge in [-0.05, 0) is 0 Å². The van der Waals surface area contributed by atoms with E-state index in [0.29, 0.717) is 17.0 Å². The number of nitrogen functional groups attached to an aromatic ring is 1. The molecule has 7 N–H and O–H groups in total. The molecule has 0 aliphatic carbocycles. The maximum absolute atomic E-state index is 10.0. The molecule has 1 fully saturated rings. The van der Waals surface area contributed by atoms with Crippen molar-refractivity contribution in [1.29, 1.82) is 0 Å². The van der Waals surface area contributed by atoms with Crippen molar-refractivity contribution in [3.63, 3.8) is 0 Å². The zero-order chi connectivity index (χ0) is 15.9. The average Bonchev–Trinajstić information content (AvgIpc) is 2.92. The maximum atomic E-state index is 10.0. The van der Waals surface area contributed by atoms with Crippen LogP contribution in [0.2, 0.25) is 0 Å². The predicted octanol–water partition coefficient (Wildman–Crippen LogP) is -2.68. The Morgan fingerprint density at radius 2 is 1.86 bits per heavy atom. The van der Waals surface area contributed by atoms with Crippen molar-refractivity contribution in [3.05, 3.63) is 12.2 Å². The van der Waals surface area contributed by atoms with Gasteiger partial charge in [-0.15, -0.1) is 0 Å². The van der Waals surface area contributed by atoms with Gasteiger partial charge in [-0.2, -0.15) is 0 Å². The molecule has 2 aromatic heterocycles. The summed E-state index contributed by atoms with van der Waals surface area (Å²) < 4.78 is 5.42. The summed E-state index contributed by atoms with van der Waals surface area (Å²) in [7, 11) is 0. The Hall–Kier alpha value is -1.85. The molecule has 0 bridgehead atoms. The molecule has 0 saturated carbocycles. The van der Waals surface area contributed by atoms with Crippen LogP contribution in [0.5, 0.6) is 0 Å². The van der Waals surface area contributed by atoms with E-state index in [1.807, 2.05) is 0 Å². The van der Waals surface area contributed by atoms with Crippen LogP contribution in [0.15, 0.2) is 6.33 Å². The molecule has 3 heterocycles. The molecule has 1 aliphatic heterocycles. The van der Waals surface area contributed by atoms with E-state index in [-0.39, 0.29) is 12.2 Å². The number of anilines is 1. The molecular formula is C12H17N5O5. The lowest BCUT2D eigenvalue weighted by Crippen LogP contribution is -2.59. The van der Waals surface area contributed by atoms with Gasteiger partial charge in [0, 0.05) is 6.42 Å². The standard InChI is InChI=1S/C12H17N5O5/c13-11-7-12(15-3-14-11)17-6(16-7)1-4-8(19)10(21)9(20)5(2-18)22-4/h3-5,8-10,18-21H,1-2H2,(H3,13,14,15,16,17). The molecule has 120 valence electrons. The fourth-order valence-electron chi connectivity index (χ4n) is 2.53. The van der Waals surface area contributed by atoms with Crippen molar-refractivity contribution < 1.29 is 25.2 Å². The molecule has 0 amide bonds. The van der Waals surface area contributed by atoms with Crippen LogP contribution in [0.4, 0.5) is 5.82 Å². The Bertz CT molecular complexity index is 662. The number of nitrogens with zero attached hydrogens (tertiary/aromatic N) is 3. The summed E-state index contributed by atoms with van der Waals surface area (Å²) >= 11 is 0. The molecule has 10 heteroatoms. The number of hydrogen-bond acceptors (Lipinski definition) is 9. The second-order valence-electron chi connectivity index (χ2n) is 5.21. The molecule has 0 aromatic carbocycles. The van der Waals surface area contributed by atoms with Crippen LogP contribution in [0.25, 0.3) is 11.2 Å². The Morgan fingerprint density at radius 1 is 1.14 bits per heavy atom. The van der Waals surface area contributed by atoms with Gasteiger partial charge in [0.15, 0.2) is 11.5 Å². The number of hydrogen-bond donors (Lipinski definition) is 6. The predicted molar refractivity (Wildman–Crippen MR) is 73.6 cm³/mol. The molecule has 3 rings (SSSR count). The number of aromatic nitrogens is 4. The molecule has 0 spiro atoms. The third kappa shape index (κ3) is 2.51. The van der Waals surface area contributed by atoms with Gasteiger partial charge in [0.2, 0.25) is 0 Å². The van der Waals surface area contributed by atoms with Gasteiger partial charge in [-0.25, -0.2) is 15.0 Å². The topological polar surface area (TPSA) is 171 Å². The van der Waals surface area contributed by atoms with Gasteiger partial charge in [-0.1, -0.05) is 0 Å². The Labute approximate surface area is 124 Å². The minimum atomic E-state index is -1.41. The first-order chi connectivity index (χ1) is 10.5. The number of nitrogens with two attached hydrogens (primary N) is 1. The fourth-order valence-corrected chi connectivity index (χ4v) is 2.53. The average molecular weight is 311 g/mol. The number of rotatable bonds is 3. The van der Waals surface area contributed by atoms with Crippen molar-refractivity contribution in [2.75, 3.05) is 12.3 Å². The molecule has 1 aliphatic rings. The van der Waals surface area contributed by atoms with E-state index >= 15 is 0 Å². The first-order valence-electron chi connectivity index (χ1n) is 6.77. The largest absolute Gasteiger partial charge is 0.394 e. The normalized spacial score (nSPS) is 32.5. The van der Waals surface area contributed by atoms with E-state index in [4.69, 9.17) is 15.6 Å². The maximum Gasteiger partial charge on any atom is 0.183 e. The van der Waals surface area contributed by atoms with E-state index in [2.05, 4.69) is 19.9 Å². The summed E-state index contributed by atoms with van der Waals surface area (Å²) in [5.74, 6) is 0.684. The monoisotopic (exact) mass is 311 g/mol. The highest BCUT2D eigenvalue weighted by Gasteiger charge is 2.43. The molecule has 5 unspecified atom stereocenters.